The number of aromatic nitrogens is 1. The fraction of sp³-hybridized carbons (Fsp3) is 0.538. The number of nitrogens with zero attached hydrogens (tertiary/aromatic N) is 1. The molecule has 1 unspecified atom stereocenters. The van der Waals surface area contributed by atoms with E-state index in [-0.39, 0.29) is 11.8 Å². The van der Waals surface area contributed by atoms with E-state index < -0.39 is 8.07 Å². The third-order valence-corrected chi connectivity index (χ3v) is 12.6. The number of amides is 1. The Hall–Kier alpha value is -2.12. The Bertz CT molecular complexity index is 881. The van der Waals surface area contributed by atoms with E-state index in [2.05, 4.69) is 70.2 Å². The van der Waals surface area contributed by atoms with Crippen molar-refractivity contribution < 1.29 is 4.79 Å². The van der Waals surface area contributed by atoms with E-state index >= 15 is 0 Å². The van der Waals surface area contributed by atoms with Crippen LogP contribution in [0.5, 0.6) is 0 Å². The highest BCUT2D eigenvalue weighted by molar-refractivity contribution is 6.90. The maximum absolute atomic E-state index is 12.9. The number of para-hydroxylation sites is 1. The first kappa shape index (κ1) is 24.1. The van der Waals surface area contributed by atoms with Gasteiger partial charge in [-0.1, -0.05) is 73.1 Å². The van der Waals surface area contributed by atoms with Crippen molar-refractivity contribution in [2.45, 2.75) is 84.4 Å². The summed E-state index contributed by atoms with van der Waals surface area (Å²) in [5.74, 6) is 3.71. The SMILES string of the molecule is CCCC(C#C[Si](C(C)C)(C(C)C)C(C)C)CC(=O)Nc1cccc2cccnc12. The molecule has 0 aliphatic carbocycles. The Balaban J connectivity index is 2.23. The van der Waals surface area contributed by atoms with Gasteiger partial charge in [-0.15, -0.1) is 11.5 Å². The average molecular weight is 423 g/mol. The molecule has 0 spiro atoms. The molecule has 1 aromatic heterocycles. The fourth-order valence-corrected chi connectivity index (χ4v) is 10.2. The lowest BCUT2D eigenvalue weighted by Gasteiger charge is -2.38. The molecule has 1 N–H and O–H groups in total. The van der Waals surface area contributed by atoms with Gasteiger partial charge in [0, 0.05) is 23.9 Å². The molecule has 0 bridgehead atoms. The molecule has 1 amide bonds. The number of carbonyl (C=O) groups is 1. The Labute approximate surface area is 184 Å². The smallest absolute Gasteiger partial charge is 0.225 e. The van der Waals surface area contributed by atoms with Crippen LogP contribution >= 0.6 is 0 Å². The van der Waals surface area contributed by atoms with Gasteiger partial charge in [0.2, 0.25) is 5.91 Å². The summed E-state index contributed by atoms with van der Waals surface area (Å²) in [6, 6.07) is 9.81. The minimum Gasteiger partial charge on any atom is -0.324 e. The minimum atomic E-state index is -1.78. The summed E-state index contributed by atoms with van der Waals surface area (Å²) in [6.07, 6.45) is 4.18. The van der Waals surface area contributed by atoms with Gasteiger partial charge in [0.1, 0.15) is 8.07 Å². The third kappa shape index (κ3) is 5.52. The Kier molecular flexibility index (Phi) is 8.67. The first-order valence-corrected chi connectivity index (χ1v) is 13.6. The normalized spacial score (nSPS) is 12.9. The zero-order chi connectivity index (χ0) is 22.3. The molecule has 4 heteroatoms. The number of hydrogen-bond donors (Lipinski definition) is 1. The molecule has 0 aliphatic heterocycles. The maximum Gasteiger partial charge on any atom is 0.225 e. The van der Waals surface area contributed by atoms with Crippen LogP contribution in [0.2, 0.25) is 16.6 Å². The molecule has 0 saturated heterocycles. The molecular weight excluding hydrogens is 384 g/mol. The summed E-state index contributed by atoms with van der Waals surface area (Å²) in [6.45, 7) is 16.1. The predicted molar refractivity (Wildman–Crippen MR) is 132 cm³/mol. The van der Waals surface area contributed by atoms with Crippen LogP contribution in [0.4, 0.5) is 5.69 Å². The lowest BCUT2D eigenvalue weighted by atomic mass is 10.0. The molecule has 30 heavy (non-hydrogen) atoms. The predicted octanol–water partition coefficient (Wildman–Crippen LogP) is 7.20. The number of fused-ring (bicyclic) bond motifs is 1. The molecule has 2 rings (SSSR count). The first-order chi connectivity index (χ1) is 14.2. The van der Waals surface area contributed by atoms with Crippen LogP contribution in [-0.2, 0) is 4.79 Å². The van der Waals surface area contributed by atoms with E-state index in [0.29, 0.717) is 23.0 Å². The van der Waals surface area contributed by atoms with Gasteiger partial charge in [0.05, 0.1) is 11.2 Å². The van der Waals surface area contributed by atoms with Gasteiger partial charge in [-0.2, -0.15) is 0 Å². The number of pyridine rings is 1. The number of carbonyl (C=O) groups excluding carboxylic acids is 1. The Morgan fingerprint density at radius 1 is 1.03 bits per heavy atom. The van der Waals surface area contributed by atoms with Gasteiger partial charge in [-0.25, -0.2) is 0 Å². The molecule has 162 valence electrons. The molecule has 1 aromatic carbocycles. The van der Waals surface area contributed by atoms with Gasteiger partial charge in [-0.05, 0) is 35.2 Å². The van der Waals surface area contributed by atoms with Crippen molar-refractivity contribution in [2.24, 2.45) is 5.92 Å². The van der Waals surface area contributed by atoms with Gasteiger partial charge >= 0.3 is 0 Å². The van der Waals surface area contributed by atoms with Crippen LogP contribution in [-0.4, -0.2) is 19.0 Å². The summed E-state index contributed by atoms with van der Waals surface area (Å²) in [5, 5.41) is 4.11. The van der Waals surface area contributed by atoms with Crippen LogP contribution in [0.3, 0.4) is 0 Å². The Morgan fingerprint density at radius 3 is 2.27 bits per heavy atom. The molecule has 0 aliphatic rings. The molecule has 0 saturated carbocycles. The standard InChI is InChI=1S/C26H38N2OSi/c1-8-11-22(15-17-30(19(2)3,20(4)5)21(6)7)18-25(29)28-24-14-9-12-23-13-10-16-27-26(23)24/h9-10,12-14,16,19-22H,8,11,18H2,1-7H3,(H,28,29). The van der Waals surface area contributed by atoms with Crippen molar-refractivity contribution in [1.29, 1.82) is 0 Å². The molecule has 1 atom stereocenters. The van der Waals surface area contributed by atoms with Gasteiger partial charge in [0.25, 0.3) is 0 Å². The number of nitrogens with one attached hydrogen (secondary N) is 1. The maximum atomic E-state index is 12.9. The number of rotatable bonds is 8. The number of anilines is 1. The molecule has 0 radical (unpaired) electrons. The largest absolute Gasteiger partial charge is 0.324 e. The van der Waals surface area contributed by atoms with E-state index in [0.717, 1.165) is 29.4 Å². The highest BCUT2D eigenvalue weighted by Gasteiger charge is 2.41. The highest BCUT2D eigenvalue weighted by Crippen LogP contribution is 2.40. The van der Waals surface area contributed by atoms with Crippen molar-refractivity contribution in [3.8, 4) is 11.5 Å². The van der Waals surface area contributed by atoms with Crippen LogP contribution in [0, 0.1) is 17.4 Å². The van der Waals surface area contributed by atoms with Crippen LogP contribution in [0.25, 0.3) is 10.9 Å². The van der Waals surface area contributed by atoms with Gasteiger partial charge in [0.15, 0.2) is 0 Å². The zero-order valence-corrected chi connectivity index (χ0v) is 20.8. The monoisotopic (exact) mass is 422 g/mol. The van der Waals surface area contributed by atoms with Crippen LogP contribution in [0.15, 0.2) is 36.5 Å². The number of hydrogen-bond acceptors (Lipinski definition) is 2. The molecule has 1 heterocycles. The van der Waals surface area contributed by atoms with Crippen LogP contribution < -0.4 is 5.32 Å². The topological polar surface area (TPSA) is 42.0 Å². The molecule has 2 aromatic rings. The lowest BCUT2D eigenvalue weighted by molar-refractivity contribution is -0.116. The van der Waals surface area contributed by atoms with E-state index in [4.69, 9.17) is 0 Å². The van der Waals surface area contributed by atoms with E-state index in [9.17, 15) is 4.79 Å². The first-order valence-electron chi connectivity index (χ1n) is 11.4. The van der Waals surface area contributed by atoms with Crippen molar-refractivity contribution in [1.82, 2.24) is 4.98 Å². The van der Waals surface area contributed by atoms with Crippen molar-refractivity contribution in [3.05, 3.63) is 36.5 Å². The van der Waals surface area contributed by atoms with Gasteiger partial charge in [-0.3, -0.25) is 9.78 Å². The van der Waals surface area contributed by atoms with Crippen molar-refractivity contribution in [2.75, 3.05) is 5.32 Å². The molecular formula is C26H38N2OSi. The average Bonchev–Trinajstić information content (AvgIpc) is 2.68. The van der Waals surface area contributed by atoms with E-state index in [1.54, 1.807) is 6.20 Å². The van der Waals surface area contributed by atoms with Gasteiger partial charge < -0.3 is 5.32 Å². The Morgan fingerprint density at radius 2 is 1.67 bits per heavy atom. The number of benzene rings is 1. The summed E-state index contributed by atoms with van der Waals surface area (Å²) >= 11 is 0. The second-order valence-electron chi connectivity index (χ2n) is 9.29. The molecule has 0 fully saturated rings. The molecule has 3 nitrogen and oxygen atoms in total. The quantitative estimate of drug-likeness (QED) is 0.361. The summed E-state index contributed by atoms with van der Waals surface area (Å²) in [7, 11) is -1.78. The summed E-state index contributed by atoms with van der Waals surface area (Å²) in [4.78, 5) is 17.3. The second kappa shape index (κ2) is 10.8. The third-order valence-electron chi connectivity index (χ3n) is 6.33. The lowest BCUT2D eigenvalue weighted by Crippen LogP contribution is -2.43. The van der Waals surface area contributed by atoms with Crippen LogP contribution in [0.1, 0.15) is 67.7 Å². The summed E-state index contributed by atoms with van der Waals surface area (Å²) < 4.78 is 0. The van der Waals surface area contributed by atoms with E-state index in [1.165, 1.54) is 0 Å². The minimum absolute atomic E-state index is 0.0202. The highest BCUT2D eigenvalue weighted by atomic mass is 28.3. The zero-order valence-electron chi connectivity index (χ0n) is 19.8. The van der Waals surface area contributed by atoms with Crippen molar-refractivity contribution >= 4 is 30.6 Å². The fourth-order valence-electron chi connectivity index (χ4n) is 4.86. The van der Waals surface area contributed by atoms with E-state index in [1.807, 2.05) is 30.3 Å². The second-order valence-corrected chi connectivity index (χ2v) is 14.9. The van der Waals surface area contributed by atoms with Crippen molar-refractivity contribution in [3.63, 3.8) is 0 Å². The summed E-state index contributed by atoms with van der Waals surface area (Å²) in [5.41, 5.74) is 7.22.